The minimum atomic E-state index is 0. The maximum atomic E-state index is 2.27. The molecule has 0 aliphatic carbocycles. The molecule has 0 spiro atoms. The Kier molecular flexibility index (Phi) is 10.2. The van der Waals surface area contributed by atoms with Crippen molar-refractivity contribution in [2.24, 2.45) is 0 Å². The van der Waals surface area contributed by atoms with E-state index in [9.17, 15) is 0 Å². The van der Waals surface area contributed by atoms with Crippen LogP contribution < -0.4 is 0 Å². The van der Waals surface area contributed by atoms with Gasteiger partial charge < -0.3 is 0 Å². The summed E-state index contributed by atoms with van der Waals surface area (Å²) in [6, 6.07) is 38.6. The van der Waals surface area contributed by atoms with Crippen LogP contribution in [0.3, 0.4) is 0 Å². The SMILES string of the molecule is C[Si](C)=[Ti+2].Cl.Cl.c1ccc2c(c1)ccc1[cH-]ccc12.c1ccc2c(c1)ccc1[cH-]ccc12. The van der Waals surface area contributed by atoms with Gasteiger partial charge in [0.2, 0.25) is 0 Å². The summed E-state index contributed by atoms with van der Waals surface area (Å²) >= 11 is 2.27. The third kappa shape index (κ3) is 6.13. The second-order valence-electron chi connectivity index (χ2n) is 7.63. The molecule has 0 heterocycles. The van der Waals surface area contributed by atoms with E-state index >= 15 is 0 Å². The summed E-state index contributed by atoms with van der Waals surface area (Å²) in [7, 11) is 0. The van der Waals surface area contributed by atoms with Crippen LogP contribution >= 0.6 is 24.8 Å². The van der Waals surface area contributed by atoms with Crippen LogP contribution in [0, 0.1) is 0 Å². The molecule has 32 heavy (non-hydrogen) atoms. The van der Waals surface area contributed by atoms with E-state index in [1.165, 1.54) is 43.1 Å². The van der Waals surface area contributed by atoms with Gasteiger partial charge in [-0.3, -0.25) is 0 Å². The van der Waals surface area contributed by atoms with Crippen LogP contribution in [0.4, 0.5) is 0 Å². The Balaban J connectivity index is 0.000000185. The van der Waals surface area contributed by atoms with Crippen molar-refractivity contribution in [3.63, 3.8) is 0 Å². The van der Waals surface area contributed by atoms with Gasteiger partial charge in [-0.2, -0.15) is 24.3 Å². The fourth-order valence-electron chi connectivity index (χ4n) is 3.78. The van der Waals surface area contributed by atoms with E-state index < -0.39 is 0 Å². The van der Waals surface area contributed by atoms with Gasteiger partial charge in [0.05, 0.1) is 0 Å². The van der Waals surface area contributed by atoms with E-state index in [0.717, 1.165) is 0 Å². The van der Waals surface area contributed by atoms with Gasteiger partial charge in [0, 0.05) is 0 Å². The fourth-order valence-corrected chi connectivity index (χ4v) is 3.78. The zero-order chi connectivity index (χ0) is 20.9. The Morgan fingerprint density at radius 1 is 0.531 bits per heavy atom. The molecule has 0 N–H and O–H groups in total. The molecule has 0 saturated heterocycles. The van der Waals surface area contributed by atoms with Crippen molar-refractivity contribution < 1.29 is 19.2 Å². The number of hydrogen-bond donors (Lipinski definition) is 0. The van der Waals surface area contributed by atoms with E-state index in [2.05, 4.69) is 141 Å². The molecule has 6 aromatic rings. The summed E-state index contributed by atoms with van der Waals surface area (Å²) in [4.78, 5) is 0. The average molecular weight is 509 g/mol. The first-order valence-corrected chi connectivity index (χ1v) is 15.1. The molecule has 0 amide bonds. The average Bonchev–Trinajstić information content (AvgIpc) is 3.43. The maximum Gasteiger partial charge on any atom is -0.0370 e. The van der Waals surface area contributed by atoms with Gasteiger partial charge in [0.15, 0.2) is 0 Å². The van der Waals surface area contributed by atoms with Crippen LogP contribution in [0.2, 0.25) is 13.1 Å². The Morgan fingerprint density at radius 2 is 0.906 bits per heavy atom. The monoisotopic (exact) mass is 508 g/mol. The Morgan fingerprint density at radius 3 is 1.31 bits per heavy atom. The predicted molar refractivity (Wildman–Crippen MR) is 146 cm³/mol. The number of rotatable bonds is 0. The van der Waals surface area contributed by atoms with Crippen LogP contribution in [0.25, 0.3) is 43.1 Å². The minimum Gasteiger partial charge on any atom is -0.168 e. The maximum absolute atomic E-state index is 2.27. The van der Waals surface area contributed by atoms with Crippen LogP contribution in [-0.2, 0) is 19.2 Å². The molecule has 0 aliphatic rings. The third-order valence-corrected chi connectivity index (χ3v) is 5.09. The molecule has 0 saturated carbocycles. The largest absolute Gasteiger partial charge is 0.168 e. The Hall–Kier alpha value is -1.87. The van der Waals surface area contributed by atoms with Gasteiger partial charge in [0.1, 0.15) is 0 Å². The van der Waals surface area contributed by atoms with Gasteiger partial charge in [-0.05, 0) is 10.8 Å². The Labute approximate surface area is 214 Å². The molecule has 4 heteroatoms. The molecule has 160 valence electrons. The number of halogens is 2. The van der Waals surface area contributed by atoms with Gasteiger partial charge in [-0.25, -0.2) is 0 Å². The second kappa shape index (κ2) is 12.4. The van der Waals surface area contributed by atoms with Crippen molar-refractivity contribution in [1.29, 1.82) is 0 Å². The predicted octanol–water partition coefficient (Wildman–Crippen LogP) is 9.05. The molecule has 0 aromatic heterocycles. The summed E-state index contributed by atoms with van der Waals surface area (Å²) in [5.41, 5.74) is 0. The van der Waals surface area contributed by atoms with Crippen molar-refractivity contribution in [2.75, 3.05) is 0 Å². The quantitative estimate of drug-likeness (QED) is 0.142. The van der Waals surface area contributed by atoms with E-state index in [4.69, 9.17) is 0 Å². The molecule has 6 aromatic carbocycles. The first kappa shape index (κ1) is 26.4. The molecule has 0 aliphatic heterocycles. The first-order chi connectivity index (χ1) is 14.6. The van der Waals surface area contributed by atoms with E-state index in [1.54, 1.807) is 0 Å². The zero-order valence-electron chi connectivity index (χ0n) is 18.2. The molecule has 6 rings (SSSR count). The summed E-state index contributed by atoms with van der Waals surface area (Å²) in [6.07, 6.45) is 0.120. The van der Waals surface area contributed by atoms with Crippen LogP contribution in [0.5, 0.6) is 0 Å². The van der Waals surface area contributed by atoms with Crippen molar-refractivity contribution in [3.05, 3.63) is 109 Å². The molecule has 0 nitrogen and oxygen atoms in total. The first-order valence-electron chi connectivity index (χ1n) is 10.2. The topological polar surface area (TPSA) is 0 Å². The second-order valence-corrected chi connectivity index (χ2v) is 14.3. The van der Waals surface area contributed by atoms with Gasteiger partial charge >= 0.3 is 38.5 Å². The van der Waals surface area contributed by atoms with E-state index in [1.807, 2.05) is 0 Å². The zero-order valence-corrected chi connectivity index (χ0v) is 22.4. The fraction of sp³-hybridized carbons (Fsp3) is 0.0714. The summed E-state index contributed by atoms with van der Waals surface area (Å²) in [5.74, 6) is 0. The van der Waals surface area contributed by atoms with Gasteiger partial charge in [0.25, 0.3) is 0 Å². The van der Waals surface area contributed by atoms with Crippen LogP contribution in [0.1, 0.15) is 0 Å². The Bertz CT molecular complexity index is 1340. The molecule has 0 fully saturated rings. The minimum absolute atomic E-state index is 0. The van der Waals surface area contributed by atoms with Crippen LogP contribution in [-0.4, -0.2) is 6.19 Å². The van der Waals surface area contributed by atoms with Crippen molar-refractivity contribution >= 4 is 74.1 Å². The number of fused-ring (bicyclic) bond motifs is 6. The van der Waals surface area contributed by atoms with Gasteiger partial charge in [-0.1, -0.05) is 71.4 Å². The third-order valence-electron chi connectivity index (χ3n) is 5.09. The number of hydrogen-bond acceptors (Lipinski definition) is 0. The van der Waals surface area contributed by atoms with E-state index in [0.29, 0.717) is 0 Å². The summed E-state index contributed by atoms with van der Waals surface area (Å²) in [5, 5.41) is 10.7. The standard InChI is InChI=1S/2C13H9.C2H6Si.2ClH.Ti/c2*1-2-6-12-10(4-1)8-9-11-5-3-7-13(11)12;1-3-2;;;/h2*1-9H;1-2H3;2*1H;/q2*-1;;;;+2. The molecule has 0 unspecified atom stereocenters. The summed E-state index contributed by atoms with van der Waals surface area (Å²) in [6.45, 7) is 4.54. The number of benzene rings is 4. The van der Waals surface area contributed by atoms with Crippen molar-refractivity contribution in [1.82, 2.24) is 0 Å². The smallest absolute Gasteiger partial charge is 0.0370 e. The summed E-state index contributed by atoms with van der Waals surface area (Å²) < 4.78 is 0. The molecule has 0 atom stereocenters. The van der Waals surface area contributed by atoms with Gasteiger partial charge in [-0.15, -0.1) is 70.6 Å². The van der Waals surface area contributed by atoms with Crippen molar-refractivity contribution in [3.8, 4) is 0 Å². The van der Waals surface area contributed by atoms with Crippen molar-refractivity contribution in [2.45, 2.75) is 13.1 Å². The normalized spacial score (nSPS) is 9.88. The molecule has 0 radical (unpaired) electrons. The molecular weight excluding hydrogens is 483 g/mol. The molecular formula is C28H26Cl2SiTi. The molecule has 0 bridgehead atoms. The van der Waals surface area contributed by atoms with Crippen LogP contribution in [0.15, 0.2) is 109 Å². The van der Waals surface area contributed by atoms with E-state index in [-0.39, 0.29) is 31.0 Å².